The van der Waals surface area contributed by atoms with Crippen molar-refractivity contribution in [2.45, 2.75) is 38.6 Å². The number of carbonyl (C=O) groups excluding carboxylic acids is 1. The topological polar surface area (TPSA) is 81.5 Å². The van der Waals surface area contributed by atoms with Gasteiger partial charge >= 0.3 is 0 Å². The van der Waals surface area contributed by atoms with Gasteiger partial charge in [0.25, 0.3) is 5.91 Å². The molecule has 9 heteroatoms. The van der Waals surface area contributed by atoms with Crippen LogP contribution in [0.5, 0.6) is 11.5 Å². The Balaban J connectivity index is 1.51. The van der Waals surface area contributed by atoms with Crippen LogP contribution in [-0.4, -0.2) is 68.8 Å². The summed E-state index contributed by atoms with van der Waals surface area (Å²) >= 11 is 0. The van der Waals surface area contributed by atoms with Gasteiger partial charge in [0.15, 0.2) is 16.9 Å². The van der Waals surface area contributed by atoms with Gasteiger partial charge < -0.3 is 23.5 Å². The highest BCUT2D eigenvalue weighted by atomic mass is 19.1. The molecule has 1 saturated heterocycles. The minimum Gasteiger partial charge on any atom is -0.493 e. The maximum atomic E-state index is 14.1. The number of unbranched alkanes of at least 4 members (excludes halogenated alkanes) is 3. The SMILES string of the molecule is CCCCCCOc1ccc(C2c3c(oc4ccc(F)cc4c3=O)C(=O)N2CCN2CCOCC2)cc1OC. The van der Waals surface area contributed by atoms with E-state index in [1.54, 1.807) is 12.0 Å². The van der Waals surface area contributed by atoms with Gasteiger partial charge in [0.05, 0.1) is 43.9 Å². The fourth-order valence-corrected chi connectivity index (χ4v) is 5.33. The number of benzene rings is 2. The molecule has 8 nitrogen and oxygen atoms in total. The smallest absolute Gasteiger partial charge is 0.290 e. The summed E-state index contributed by atoms with van der Waals surface area (Å²) in [6.07, 6.45) is 4.36. The number of nitrogens with zero attached hydrogens (tertiary/aromatic N) is 2. The van der Waals surface area contributed by atoms with Crippen molar-refractivity contribution < 1.29 is 27.8 Å². The molecule has 2 aliphatic rings. The van der Waals surface area contributed by atoms with Gasteiger partial charge in [-0.05, 0) is 42.3 Å². The molecule has 1 atom stereocenters. The predicted molar refractivity (Wildman–Crippen MR) is 145 cm³/mol. The zero-order valence-electron chi connectivity index (χ0n) is 22.5. The maximum Gasteiger partial charge on any atom is 0.290 e. The van der Waals surface area contributed by atoms with E-state index < -0.39 is 17.3 Å². The number of morpholine rings is 1. The molecular formula is C30H35FN2O6. The molecule has 1 amide bonds. The third-order valence-electron chi connectivity index (χ3n) is 7.45. The second-order valence-electron chi connectivity index (χ2n) is 9.99. The lowest BCUT2D eigenvalue weighted by molar-refractivity contribution is 0.0314. The Labute approximate surface area is 227 Å². The Morgan fingerprint density at radius 3 is 2.59 bits per heavy atom. The number of hydrogen-bond donors (Lipinski definition) is 0. The van der Waals surface area contributed by atoms with Crippen LogP contribution in [0.15, 0.2) is 45.6 Å². The molecule has 39 heavy (non-hydrogen) atoms. The summed E-state index contributed by atoms with van der Waals surface area (Å²) in [5.41, 5.74) is 0.692. The molecule has 0 N–H and O–H groups in total. The quantitative estimate of drug-likeness (QED) is 0.325. The molecule has 0 aliphatic carbocycles. The zero-order valence-corrected chi connectivity index (χ0v) is 22.5. The van der Waals surface area contributed by atoms with Crippen molar-refractivity contribution in [2.75, 3.05) is 53.1 Å². The van der Waals surface area contributed by atoms with Crippen molar-refractivity contribution >= 4 is 16.9 Å². The van der Waals surface area contributed by atoms with Crippen LogP contribution in [0.4, 0.5) is 4.39 Å². The van der Waals surface area contributed by atoms with Gasteiger partial charge in [-0.1, -0.05) is 32.3 Å². The lowest BCUT2D eigenvalue weighted by Crippen LogP contribution is -2.42. The molecule has 3 aromatic rings. The molecule has 2 aromatic carbocycles. The fraction of sp³-hybridized carbons (Fsp3) is 0.467. The number of rotatable bonds is 11. The third kappa shape index (κ3) is 5.65. The molecule has 2 aliphatic heterocycles. The van der Waals surface area contributed by atoms with Crippen LogP contribution in [-0.2, 0) is 4.74 Å². The van der Waals surface area contributed by atoms with Crippen LogP contribution in [0.2, 0.25) is 0 Å². The van der Waals surface area contributed by atoms with Gasteiger partial charge in [0, 0.05) is 26.2 Å². The second-order valence-corrected chi connectivity index (χ2v) is 9.99. The van der Waals surface area contributed by atoms with E-state index in [2.05, 4.69) is 11.8 Å². The van der Waals surface area contributed by atoms with Crippen LogP contribution in [0.25, 0.3) is 11.0 Å². The van der Waals surface area contributed by atoms with Crippen LogP contribution in [0.1, 0.15) is 60.3 Å². The van der Waals surface area contributed by atoms with Crippen molar-refractivity contribution in [2.24, 2.45) is 0 Å². The first-order chi connectivity index (χ1) is 19.0. The Bertz CT molecular complexity index is 1380. The molecule has 3 heterocycles. The van der Waals surface area contributed by atoms with E-state index >= 15 is 0 Å². The molecule has 1 unspecified atom stereocenters. The van der Waals surface area contributed by atoms with E-state index in [9.17, 15) is 14.0 Å². The minimum absolute atomic E-state index is 0.00121. The van der Waals surface area contributed by atoms with Gasteiger partial charge in [0.1, 0.15) is 11.4 Å². The average molecular weight is 539 g/mol. The van der Waals surface area contributed by atoms with Gasteiger partial charge in [-0.3, -0.25) is 14.5 Å². The van der Waals surface area contributed by atoms with Crippen molar-refractivity contribution in [3.05, 3.63) is 69.3 Å². The van der Waals surface area contributed by atoms with E-state index in [-0.39, 0.29) is 28.2 Å². The molecule has 1 aromatic heterocycles. The first-order valence-electron chi connectivity index (χ1n) is 13.7. The third-order valence-corrected chi connectivity index (χ3v) is 7.45. The Hall–Kier alpha value is -3.43. The molecule has 5 rings (SSSR count). The Morgan fingerprint density at radius 1 is 1.00 bits per heavy atom. The second kappa shape index (κ2) is 12.2. The first-order valence-corrected chi connectivity index (χ1v) is 13.7. The fourth-order valence-electron chi connectivity index (χ4n) is 5.33. The van der Waals surface area contributed by atoms with Gasteiger partial charge in [-0.2, -0.15) is 0 Å². The number of fused-ring (bicyclic) bond motifs is 2. The predicted octanol–water partition coefficient (Wildman–Crippen LogP) is 4.78. The monoisotopic (exact) mass is 538 g/mol. The van der Waals surface area contributed by atoms with Crippen LogP contribution < -0.4 is 14.9 Å². The van der Waals surface area contributed by atoms with Crippen molar-refractivity contribution in [1.82, 2.24) is 9.80 Å². The molecule has 0 bridgehead atoms. The molecule has 208 valence electrons. The summed E-state index contributed by atoms with van der Waals surface area (Å²) in [5, 5.41) is 0.112. The molecule has 1 fully saturated rings. The normalized spacial score (nSPS) is 17.6. The number of methoxy groups -OCH3 is 1. The number of amides is 1. The minimum atomic E-state index is -0.704. The summed E-state index contributed by atoms with van der Waals surface area (Å²) in [5.74, 6) is 0.230. The van der Waals surface area contributed by atoms with Crippen molar-refractivity contribution in [1.29, 1.82) is 0 Å². The highest BCUT2D eigenvalue weighted by molar-refractivity contribution is 5.99. The highest BCUT2D eigenvalue weighted by Gasteiger charge is 2.43. The van der Waals surface area contributed by atoms with Crippen LogP contribution in [0.3, 0.4) is 0 Å². The molecule has 0 spiro atoms. The molecule has 0 radical (unpaired) electrons. The van der Waals surface area contributed by atoms with Gasteiger partial charge in [-0.25, -0.2) is 4.39 Å². The van der Waals surface area contributed by atoms with Crippen molar-refractivity contribution in [3.8, 4) is 11.5 Å². The van der Waals surface area contributed by atoms with Gasteiger partial charge in [-0.15, -0.1) is 0 Å². The number of ether oxygens (including phenoxy) is 3. The lowest BCUT2D eigenvalue weighted by Gasteiger charge is -2.31. The zero-order chi connectivity index (χ0) is 27.4. The van der Waals surface area contributed by atoms with Crippen LogP contribution in [0, 0.1) is 5.82 Å². The van der Waals surface area contributed by atoms with Gasteiger partial charge in [0.2, 0.25) is 5.76 Å². The summed E-state index contributed by atoms with van der Waals surface area (Å²) < 4.78 is 37.1. The summed E-state index contributed by atoms with van der Waals surface area (Å²) in [4.78, 5) is 31.3. The summed E-state index contributed by atoms with van der Waals surface area (Å²) in [7, 11) is 1.57. The number of hydrogen-bond acceptors (Lipinski definition) is 7. The largest absolute Gasteiger partial charge is 0.493 e. The highest BCUT2D eigenvalue weighted by Crippen LogP contribution is 2.41. The average Bonchev–Trinajstić information content (AvgIpc) is 3.24. The molecule has 0 saturated carbocycles. The Kier molecular flexibility index (Phi) is 8.47. The Morgan fingerprint density at radius 2 is 1.82 bits per heavy atom. The van der Waals surface area contributed by atoms with E-state index in [0.717, 1.165) is 44.8 Å². The van der Waals surface area contributed by atoms with E-state index in [4.69, 9.17) is 18.6 Å². The number of carbonyl (C=O) groups is 1. The standard InChI is InChI=1S/C30H35FN2O6/c1-3-4-5-6-15-38-24-9-7-20(18-25(24)36-2)27-26-28(34)22-19-21(31)8-10-23(22)39-29(26)30(35)33(27)12-11-32-13-16-37-17-14-32/h7-10,18-19,27H,3-6,11-17H2,1-2H3. The summed E-state index contributed by atoms with van der Waals surface area (Å²) in [6, 6.07) is 8.55. The first kappa shape index (κ1) is 27.1. The molecular weight excluding hydrogens is 503 g/mol. The number of halogens is 1. The van der Waals surface area contributed by atoms with E-state index in [0.29, 0.717) is 50.0 Å². The summed E-state index contributed by atoms with van der Waals surface area (Å²) in [6.45, 7) is 6.59. The van der Waals surface area contributed by atoms with Crippen LogP contribution >= 0.6 is 0 Å². The van der Waals surface area contributed by atoms with Crippen molar-refractivity contribution in [3.63, 3.8) is 0 Å². The lowest BCUT2D eigenvalue weighted by atomic mass is 9.98. The van der Waals surface area contributed by atoms with E-state index in [1.807, 2.05) is 18.2 Å². The maximum absolute atomic E-state index is 14.1. The van der Waals surface area contributed by atoms with E-state index in [1.165, 1.54) is 12.1 Å².